The molecule has 1 aliphatic rings. The van der Waals surface area contributed by atoms with Gasteiger partial charge in [0.15, 0.2) is 0 Å². The zero-order valence-corrected chi connectivity index (χ0v) is 9.20. The highest BCUT2D eigenvalue weighted by atomic mass is 19.4. The van der Waals surface area contributed by atoms with Crippen molar-refractivity contribution in [2.24, 2.45) is 17.6 Å². The van der Waals surface area contributed by atoms with E-state index < -0.39 is 18.0 Å². The van der Waals surface area contributed by atoms with E-state index in [2.05, 4.69) is 0 Å². The molecule has 1 aromatic carbocycles. The maximum absolute atomic E-state index is 12.7. The molecule has 2 unspecified atom stereocenters. The summed E-state index contributed by atoms with van der Waals surface area (Å²) in [6.07, 6.45) is -3.88. The molecular weight excluding hydrogens is 231 g/mol. The third kappa shape index (κ3) is 2.54. The summed E-state index contributed by atoms with van der Waals surface area (Å²) in [6, 6.07) is 7.18. The summed E-state index contributed by atoms with van der Waals surface area (Å²) in [5.74, 6) is -1.40. The molecule has 1 aromatic rings. The summed E-state index contributed by atoms with van der Waals surface area (Å²) in [7, 11) is 0. The summed E-state index contributed by atoms with van der Waals surface area (Å²) < 4.78 is 43.6. The van der Waals surface area contributed by atoms with Crippen LogP contribution in [0.25, 0.3) is 0 Å². The third-order valence-electron chi connectivity index (χ3n) is 3.15. The molecule has 0 bridgehead atoms. The fourth-order valence-corrected chi connectivity index (χ4v) is 2.20. The third-order valence-corrected chi connectivity index (χ3v) is 3.15. The quantitative estimate of drug-likeness (QED) is 0.868. The van der Waals surface area contributed by atoms with Gasteiger partial charge in [0, 0.05) is 12.5 Å². The van der Waals surface area contributed by atoms with Gasteiger partial charge < -0.3 is 10.5 Å². The molecule has 2 rings (SSSR count). The normalized spacial score (nSPS) is 21.5. The van der Waals surface area contributed by atoms with Crippen molar-refractivity contribution in [3.05, 3.63) is 29.8 Å². The molecule has 1 aliphatic heterocycles. The predicted octanol–water partition coefficient (Wildman–Crippen LogP) is 2.37. The number of hydrogen-bond acceptors (Lipinski definition) is 2. The van der Waals surface area contributed by atoms with Gasteiger partial charge in [-0.05, 0) is 18.1 Å². The topological polar surface area (TPSA) is 35.2 Å². The van der Waals surface area contributed by atoms with Crippen LogP contribution < -0.4 is 10.5 Å². The summed E-state index contributed by atoms with van der Waals surface area (Å²) in [5.41, 5.74) is 6.06. The van der Waals surface area contributed by atoms with E-state index in [9.17, 15) is 13.2 Å². The van der Waals surface area contributed by atoms with Gasteiger partial charge in [0.1, 0.15) is 5.75 Å². The van der Waals surface area contributed by atoms with Gasteiger partial charge in [0.25, 0.3) is 0 Å². The van der Waals surface area contributed by atoms with Crippen LogP contribution in [0.5, 0.6) is 5.75 Å². The Morgan fingerprint density at radius 1 is 1.35 bits per heavy atom. The molecule has 0 spiro atoms. The van der Waals surface area contributed by atoms with Crippen LogP contribution in [-0.4, -0.2) is 19.3 Å². The minimum absolute atomic E-state index is 0.0817. The van der Waals surface area contributed by atoms with Crippen LogP contribution in [0.2, 0.25) is 0 Å². The van der Waals surface area contributed by atoms with Gasteiger partial charge in [-0.3, -0.25) is 0 Å². The van der Waals surface area contributed by atoms with Gasteiger partial charge in [0.05, 0.1) is 12.5 Å². The molecule has 2 nitrogen and oxygen atoms in total. The number of rotatable bonds is 2. The van der Waals surface area contributed by atoms with E-state index in [4.69, 9.17) is 10.5 Å². The maximum Gasteiger partial charge on any atom is 0.393 e. The minimum atomic E-state index is -4.25. The summed E-state index contributed by atoms with van der Waals surface area (Å²) in [6.45, 7) is -0.307. The lowest BCUT2D eigenvalue weighted by Gasteiger charge is -2.32. The van der Waals surface area contributed by atoms with Crippen LogP contribution in [0.4, 0.5) is 13.2 Å². The molecule has 0 fully saturated rings. The largest absolute Gasteiger partial charge is 0.493 e. The molecular formula is C12H14F3NO. The zero-order valence-electron chi connectivity index (χ0n) is 9.20. The van der Waals surface area contributed by atoms with Crippen LogP contribution >= 0.6 is 0 Å². The highest BCUT2D eigenvalue weighted by Gasteiger charge is 2.44. The van der Waals surface area contributed by atoms with Gasteiger partial charge >= 0.3 is 6.18 Å². The van der Waals surface area contributed by atoms with Crippen LogP contribution in [0.1, 0.15) is 5.56 Å². The molecule has 0 saturated heterocycles. The van der Waals surface area contributed by atoms with Crippen LogP contribution in [0, 0.1) is 11.8 Å². The first kappa shape index (κ1) is 12.2. The number of alkyl halides is 3. The van der Waals surface area contributed by atoms with Crippen molar-refractivity contribution in [2.75, 3.05) is 13.2 Å². The van der Waals surface area contributed by atoms with Gasteiger partial charge in [-0.15, -0.1) is 0 Å². The molecule has 94 valence electrons. The molecule has 0 aromatic heterocycles. The van der Waals surface area contributed by atoms with Crippen LogP contribution in [0.3, 0.4) is 0 Å². The highest BCUT2D eigenvalue weighted by molar-refractivity contribution is 5.35. The number of ether oxygens (including phenoxy) is 1. The molecule has 5 heteroatoms. The number of hydrogen-bond donors (Lipinski definition) is 1. The first-order chi connectivity index (χ1) is 8.02. The number of fused-ring (bicyclic) bond motifs is 1. The van der Waals surface area contributed by atoms with Gasteiger partial charge in [0.2, 0.25) is 0 Å². The smallest absolute Gasteiger partial charge is 0.393 e. The molecule has 2 atom stereocenters. The molecule has 0 saturated carbocycles. The lowest BCUT2D eigenvalue weighted by Crippen LogP contribution is -2.41. The summed E-state index contributed by atoms with van der Waals surface area (Å²) >= 11 is 0. The van der Waals surface area contributed by atoms with E-state index in [1.807, 2.05) is 6.07 Å². The van der Waals surface area contributed by atoms with Crippen LogP contribution in [0.15, 0.2) is 24.3 Å². The second kappa shape index (κ2) is 4.56. The van der Waals surface area contributed by atoms with E-state index in [0.717, 1.165) is 5.56 Å². The molecule has 0 amide bonds. The molecule has 0 radical (unpaired) electrons. The molecule has 17 heavy (non-hydrogen) atoms. The number of benzene rings is 1. The average molecular weight is 245 g/mol. The Morgan fingerprint density at radius 2 is 2.06 bits per heavy atom. The van der Waals surface area contributed by atoms with Gasteiger partial charge in [-0.1, -0.05) is 18.2 Å². The Hall–Kier alpha value is -1.23. The van der Waals surface area contributed by atoms with Crippen molar-refractivity contribution < 1.29 is 17.9 Å². The Morgan fingerprint density at radius 3 is 2.71 bits per heavy atom. The Kier molecular flexibility index (Phi) is 3.28. The summed E-state index contributed by atoms with van der Waals surface area (Å²) in [4.78, 5) is 0. The van der Waals surface area contributed by atoms with Crippen molar-refractivity contribution in [2.45, 2.75) is 12.6 Å². The number of nitrogens with two attached hydrogens (primary N) is 1. The van der Waals surface area contributed by atoms with Gasteiger partial charge in [-0.25, -0.2) is 0 Å². The second-order valence-electron chi connectivity index (χ2n) is 4.27. The summed E-state index contributed by atoms with van der Waals surface area (Å²) in [5, 5.41) is 0. The van der Waals surface area contributed by atoms with Crippen molar-refractivity contribution in [1.82, 2.24) is 0 Å². The molecule has 1 heterocycles. The number of halogens is 3. The fourth-order valence-electron chi connectivity index (χ4n) is 2.20. The van der Waals surface area contributed by atoms with E-state index in [0.29, 0.717) is 12.2 Å². The zero-order chi connectivity index (χ0) is 12.5. The van der Waals surface area contributed by atoms with Crippen LogP contribution in [-0.2, 0) is 6.42 Å². The lowest BCUT2D eigenvalue weighted by molar-refractivity contribution is -0.189. The second-order valence-corrected chi connectivity index (χ2v) is 4.27. The Balaban J connectivity index is 2.16. The Labute approximate surface area is 97.6 Å². The molecule has 0 aliphatic carbocycles. The lowest BCUT2D eigenvalue weighted by atomic mass is 9.85. The van der Waals surface area contributed by atoms with Gasteiger partial charge in [-0.2, -0.15) is 13.2 Å². The SMILES string of the molecule is NCC(C1COc2ccccc2C1)C(F)(F)F. The standard InChI is InChI=1S/C12H14F3NO/c13-12(14,15)10(6-16)9-5-8-3-1-2-4-11(8)17-7-9/h1-4,9-10H,5-7,16H2. The predicted molar refractivity (Wildman–Crippen MR) is 57.7 cm³/mol. The van der Waals surface area contributed by atoms with Crippen molar-refractivity contribution in [3.63, 3.8) is 0 Å². The molecule has 2 N–H and O–H groups in total. The minimum Gasteiger partial charge on any atom is -0.493 e. The monoisotopic (exact) mass is 245 g/mol. The fraction of sp³-hybridized carbons (Fsp3) is 0.500. The first-order valence-corrected chi connectivity index (χ1v) is 5.50. The van der Waals surface area contributed by atoms with E-state index in [1.54, 1.807) is 18.2 Å². The Bertz CT molecular complexity index is 392. The first-order valence-electron chi connectivity index (χ1n) is 5.50. The van der Waals surface area contributed by atoms with E-state index in [1.165, 1.54) is 0 Å². The van der Waals surface area contributed by atoms with E-state index >= 15 is 0 Å². The highest BCUT2D eigenvalue weighted by Crippen LogP contribution is 2.37. The van der Waals surface area contributed by atoms with E-state index in [-0.39, 0.29) is 13.2 Å². The van der Waals surface area contributed by atoms with Crippen molar-refractivity contribution in [3.8, 4) is 5.75 Å². The number of para-hydroxylation sites is 1. The average Bonchev–Trinajstić information content (AvgIpc) is 2.28. The maximum atomic E-state index is 12.7. The van der Waals surface area contributed by atoms with Crippen molar-refractivity contribution >= 4 is 0 Å². The van der Waals surface area contributed by atoms with Crippen molar-refractivity contribution in [1.29, 1.82) is 0 Å².